The fourth-order valence-corrected chi connectivity index (χ4v) is 4.37. The van der Waals surface area contributed by atoms with Gasteiger partial charge in [0.15, 0.2) is 16.6 Å². The van der Waals surface area contributed by atoms with Crippen LogP contribution in [-0.4, -0.2) is 61.3 Å². The molecule has 1 N–H and O–H groups in total. The molecule has 0 radical (unpaired) electrons. The lowest BCUT2D eigenvalue weighted by Gasteiger charge is -2.39. The Morgan fingerprint density at radius 3 is 2.67 bits per heavy atom. The number of amides is 1. The highest BCUT2D eigenvalue weighted by Crippen LogP contribution is 2.31. The standard InChI is InChI=1S/C22H24ClFN6O3/c1-11(2)16-17(12(3)5-6-25-16)30-20-14(9-15(24)18(23)26-20)19(27-21(30)31)29-8-7-28(22(32)33)10-13(29)4/h5-6,9,11,13H,7-8,10H2,1-4H3,(H,32,33). The van der Waals surface area contributed by atoms with E-state index in [2.05, 4.69) is 15.0 Å². The first-order valence-corrected chi connectivity index (χ1v) is 11.0. The Morgan fingerprint density at radius 2 is 2.03 bits per heavy atom. The SMILES string of the molecule is Cc1ccnc(C(C)C)c1-n1c(=O)nc(N2CCN(C(=O)O)CC2C)c2cc(F)c(Cl)nc21. The van der Waals surface area contributed by atoms with Gasteiger partial charge in [0.25, 0.3) is 0 Å². The number of hydrogen-bond donors (Lipinski definition) is 1. The molecular weight excluding hydrogens is 451 g/mol. The van der Waals surface area contributed by atoms with Crippen LogP contribution in [0.5, 0.6) is 0 Å². The maximum atomic E-state index is 14.6. The third-order valence-electron chi connectivity index (χ3n) is 5.85. The largest absolute Gasteiger partial charge is 0.465 e. The summed E-state index contributed by atoms with van der Waals surface area (Å²) in [7, 11) is 0. The van der Waals surface area contributed by atoms with Gasteiger partial charge in [-0.25, -0.2) is 23.5 Å². The lowest BCUT2D eigenvalue weighted by Crippen LogP contribution is -2.54. The number of piperazine rings is 1. The van der Waals surface area contributed by atoms with Crippen LogP contribution in [0.15, 0.2) is 23.1 Å². The van der Waals surface area contributed by atoms with Crippen LogP contribution in [0.4, 0.5) is 15.0 Å². The maximum Gasteiger partial charge on any atom is 0.407 e. The maximum absolute atomic E-state index is 14.6. The Kier molecular flexibility index (Phi) is 5.96. The van der Waals surface area contributed by atoms with Gasteiger partial charge < -0.3 is 14.9 Å². The van der Waals surface area contributed by atoms with E-state index in [1.54, 1.807) is 12.3 Å². The molecule has 0 bridgehead atoms. The second kappa shape index (κ2) is 8.58. The summed E-state index contributed by atoms with van der Waals surface area (Å²) in [6, 6.07) is 2.72. The van der Waals surface area contributed by atoms with Gasteiger partial charge >= 0.3 is 11.8 Å². The van der Waals surface area contributed by atoms with Crippen molar-refractivity contribution in [2.24, 2.45) is 0 Å². The predicted molar refractivity (Wildman–Crippen MR) is 123 cm³/mol. The normalized spacial score (nSPS) is 16.6. The molecule has 0 aromatic carbocycles. The summed E-state index contributed by atoms with van der Waals surface area (Å²) in [5.41, 5.74) is 1.58. The number of anilines is 1. The van der Waals surface area contributed by atoms with E-state index in [0.29, 0.717) is 23.3 Å². The number of rotatable bonds is 3. The van der Waals surface area contributed by atoms with Gasteiger partial charge in [-0.1, -0.05) is 25.4 Å². The second-order valence-electron chi connectivity index (χ2n) is 8.47. The van der Waals surface area contributed by atoms with E-state index in [-0.39, 0.29) is 41.7 Å². The monoisotopic (exact) mass is 474 g/mol. The summed E-state index contributed by atoms with van der Waals surface area (Å²) in [4.78, 5) is 40.9. The zero-order valence-electron chi connectivity index (χ0n) is 18.7. The average Bonchev–Trinajstić information content (AvgIpc) is 2.75. The summed E-state index contributed by atoms with van der Waals surface area (Å²) in [6.07, 6.45) is 0.662. The number of nitrogens with zero attached hydrogens (tertiary/aromatic N) is 6. The van der Waals surface area contributed by atoms with Gasteiger partial charge in [0.05, 0.1) is 16.8 Å². The summed E-state index contributed by atoms with van der Waals surface area (Å²) in [5, 5.41) is 9.27. The molecule has 3 aromatic rings. The van der Waals surface area contributed by atoms with Gasteiger partial charge in [-0.05, 0) is 37.5 Å². The molecule has 1 amide bonds. The Bertz CT molecular complexity index is 1310. The van der Waals surface area contributed by atoms with E-state index >= 15 is 0 Å². The van der Waals surface area contributed by atoms with E-state index in [4.69, 9.17) is 11.6 Å². The van der Waals surface area contributed by atoms with Crippen molar-refractivity contribution >= 4 is 34.5 Å². The molecule has 33 heavy (non-hydrogen) atoms. The smallest absolute Gasteiger partial charge is 0.407 e. The molecule has 3 aromatic heterocycles. The Morgan fingerprint density at radius 1 is 1.30 bits per heavy atom. The van der Waals surface area contributed by atoms with Crippen LogP contribution in [0, 0.1) is 12.7 Å². The first kappa shape index (κ1) is 22.9. The zero-order chi connectivity index (χ0) is 24.0. The van der Waals surface area contributed by atoms with Crippen molar-refractivity contribution in [2.75, 3.05) is 24.5 Å². The van der Waals surface area contributed by atoms with Crippen LogP contribution in [0.2, 0.25) is 5.15 Å². The minimum atomic E-state index is -1.01. The third-order valence-corrected chi connectivity index (χ3v) is 6.12. The van der Waals surface area contributed by atoms with Crippen LogP contribution >= 0.6 is 11.6 Å². The van der Waals surface area contributed by atoms with Gasteiger partial charge in [-0.2, -0.15) is 4.98 Å². The predicted octanol–water partition coefficient (Wildman–Crippen LogP) is 3.59. The first-order valence-electron chi connectivity index (χ1n) is 10.6. The van der Waals surface area contributed by atoms with E-state index in [9.17, 15) is 19.1 Å². The van der Waals surface area contributed by atoms with Crippen molar-refractivity contribution in [2.45, 2.75) is 39.7 Å². The number of hydrogen-bond acceptors (Lipinski definition) is 6. The lowest BCUT2D eigenvalue weighted by atomic mass is 10.0. The topological polar surface area (TPSA) is 104 Å². The van der Waals surface area contributed by atoms with Crippen molar-refractivity contribution in [3.05, 3.63) is 51.0 Å². The first-order chi connectivity index (χ1) is 15.6. The van der Waals surface area contributed by atoms with Gasteiger partial charge in [-0.15, -0.1) is 0 Å². The Labute approximate surface area is 194 Å². The zero-order valence-corrected chi connectivity index (χ0v) is 19.5. The lowest BCUT2D eigenvalue weighted by molar-refractivity contribution is 0.136. The number of halogens is 2. The van der Waals surface area contributed by atoms with Gasteiger partial charge in [-0.3, -0.25) is 4.98 Å². The number of aryl methyl sites for hydroxylation is 1. The summed E-state index contributed by atoms with van der Waals surface area (Å²) in [5.74, 6) is -0.484. The van der Waals surface area contributed by atoms with Crippen LogP contribution < -0.4 is 10.6 Å². The fourth-order valence-electron chi connectivity index (χ4n) is 4.24. The summed E-state index contributed by atoms with van der Waals surface area (Å²) < 4.78 is 15.9. The fraction of sp³-hybridized carbons (Fsp3) is 0.409. The molecule has 0 aliphatic carbocycles. The average molecular weight is 475 g/mol. The molecular formula is C22H24ClFN6O3. The number of aromatic nitrogens is 4. The number of fused-ring (bicyclic) bond motifs is 1. The second-order valence-corrected chi connectivity index (χ2v) is 8.83. The molecule has 1 aliphatic rings. The molecule has 4 heterocycles. The molecule has 4 rings (SSSR count). The molecule has 174 valence electrons. The van der Waals surface area contributed by atoms with Gasteiger partial charge in [0, 0.05) is 31.9 Å². The number of carboxylic acid groups (broad SMARTS) is 1. The Balaban J connectivity index is 1.99. The molecule has 0 saturated carbocycles. The highest BCUT2D eigenvalue weighted by molar-refractivity contribution is 6.30. The highest BCUT2D eigenvalue weighted by Gasteiger charge is 2.30. The van der Waals surface area contributed by atoms with Crippen molar-refractivity contribution < 1.29 is 14.3 Å². The molecule has 11 heteroatoms. The van der Waals surface area contributed by atoms with Crippen LogP contribution in [0.3, 0.4) is 0 Å². The van der Waals surface area contributed by atoms with E-state index in [1.807, 2.05) is 32.6 Å². The van der Waals surface area contributed by atoms with Crippen molar-refractivity contribution in [3.8, 4) is 5.69 Å². The van der Waals surface area contributed by atoms with Gasteiger partial charge in [0.2, 0.25) is 0 Å². The molecule has 9 nitrogen and oxygen atoms in total. The van der Waals surface area contributed by atoms with E-state index in [1.165, 1.54) is 15.5 Å². The molecule has 1 atom stereocenters. The minimum Gasteiger partial charge on any atom is -0.465 e. The van der Waals surface area contributed by atoms with Crippen molar-refractivity contribution in [3.63, 3.8) is 0 Å². The van der Waals surface area contributed by atoms with Crippen LogP contribution in [0.1, 0.15) is 37.9 Å². The van der Waals surface area contributed by atoms with Crippen LogP contribution in [0.25, 0.3) is 16.7 Å². The number of pyridine rings is 2. The molecule has 1 saturated heterocycles. The molecule has 1 unspecified atom stereocenters. The molecule has 1 fully saturated rings. The minimum absolute atomic E-state index is 0.00145. The number of carbonyl (C=O) groups is 1. The summed E-state index contributed by atoms with van der Waals surface area (Å²) in [6.45, 7) is 8.36. The third kappa shape index (κ3) is 3.99. The quantitative estimate of drug-likeness (QED) is 0.578. The van der Waals surface area contributed by atoms with Crippen molar-refractivity contribution in [1.82, 2.24) is 24.4 Å². The van der Waals surface area contributed by atoms with E-state index < -0.39 is 17.6 Å². The van der Waals surface area contributed by atoms with Gasteiger partial charge in [0.1, 0.15) is 5.82 Å². The molecule has 0 spiro atoms. The molecule has 1 aliphatic heterocycles. The van der Waals surface area contributed by atoms with Crippen molar-refractivity contribution in [1.29, 1.82) is 0 Å². The Hall–Kier alpha value is -3.27. The van der Waals surface area contributed by atoms with E-state index in [0.717, 1.165) is 5.56 Å². The van der Waals surface area contributed by atoms with Crippen LogP contribution in [-0.2, 0) is 0 Å². The summed E-state index contributed by atoms with van der Waals surface area (Å²) >= 11 is 6.04. The highest BCUT2D eigenvalue weighted by atomic mass is 35.5.